The second-order valence-corrected chi connectivity index (χ2v) is 19.6. The van der Waals surface area contributed by atoms with Gasteiger partial charge in [0.2, 0.25) is 0 Å². The Hall–Kier alpha value is -9.70. The van der Waals surface area contributed by atoms with E-state index in [1.54, 1.807) is 0 Å². The van der Waals surface area contributed by atoms with Gasteiger partial charge in [-0.25, -0.2) is 0 Å². The van der Waals surface area contributed by atoms with Crippen LogP contribution in [-0.4, -0.2) is 4.57 Å². The minimum absolute atomic E-state index is 0.545. The molecule has 0 unspecified atom stereocenters. The molecule has 0 bridgehead atoms. The molecule has 14 aromatic rings. The lowest BCUT2D eigenvalue weighted by Gasteiger charge is -2.34. The van der Waals surface area contributed by atoms with E-state index < -0.39 is 5.41 Å². The lowest BCUT2D eigenvalue weighted by atomic mass is 9.68. The minimum atomic E-state index is -0.545. The van der Waals surface area contributed by atoms with Crippen molar-refractivity contribution in [2.75, 3.05) is 4.90 Å². The third kappa shape index (κ3) is 6.33. The molecule has 74 heavy (non-hydrogen) atoms. The topological polar surface area (TPSA) is 21.3 Å². The molecular formula is C71H46N2O. The Balaban J connectivity index is 0.910. The van der Waals surface area contributed by atoms with Gasteiger partial charge in [0.05, 0.1) is 22.1 Å². The van der Waals surface area contributed by atoms with Gasteiger partial charge < -0.3 is 13.9 Å². The van der Waals surface area contributed by atoms with E-state index in [4.69, 9.17) is 4.42 Å². The molecule has 3 heteroatoms. The van der Waals surface area contributed by atoms with Crippen LogP contribution in [0.2, 0.25) is 0 Å². The van der Waals surface area contributed by atoms with Gasteiger partial charge in [0, 0.05) is 49.6 Å². The second-order valence-electron chi connectivity index (χ2n) is 19.6. The van der Waals surface area contributed by atoms with Crippen molar-refractivity contribution in [3.63, 3.8) is 0 Å². The number of hydrogen-bond donors (Lipinski definition) is 0. The maximum absolute atomic E-state index is 6.72. The number of para-hydroxylation sites is 2. The van der Waals surface area contributed by atoms with Gasteiger partial charge >= 0.3 is 0 Å². The summed E-state index contributed by atoms with van der Waals surface area (Å²) >= 11 is 0. The lowest BCUT2D eigenvalue weighted by molar-refractivity contribution is 0.673. The summed E-state index contributed by atoms with van der Waals surface area (Å²) in [5, 5.41) is 7.06. The number of rotatable bonds is 8. The number of hydrogen-bond acceptors (Lipinski definition) is 2. The highest BCUT2D eigenvalue weighted by atomic mass is 16.3. The van der Waals surface area contributed by atoms with Crippen molar-refractivity contribution in [3.05, 3.63) is 301 Å². The zero-order valence-corrected chi connectivity index (χ0v) is 40.4. The molecule has 1 aliphatic carbocycles. The quantitative estimate of drug-likeness (QED) is 0.151. The number of nitrogens with zero attached hydrogens (tertiary/aromatic N) is 2. The van der Waals surface area contributed by atoms with E-state index in [0.717, 1.165) is 72.3 Å². The van der Waals surface area contributed by atoms with Crippen molar-refractivity contribution >= 4 is 71.6 Å². The first-order chi connectivity index (χ1) is 36.7. The van der Waals surface area contributed by atoms with Crippen molar-refractivity contribution in [2.24, 2.45) is 0 Å². The normalized spacial score (nSPS) is 12.7. The van der Waals surface area contributed by atoms with Crippen LogP contribution in [0.5, 0.6) is 0 Å². The van der Waals surface area contributed by atoms with Crippen LogP contribution in [0.4, 0.5) is 17.1 Å². The van der Waals surface area contributed by atoms with E-state index in [1.165, 1.54) is 60.6 Å². The molecule has 0 amide bonds. The summed E-state index contributed by atoms with van der Waals surface area (Å²) in [6.07, 6.45) is 0. The molecule has 3 nitrogen and oxygen atoms in total. The van der Waals surface area contributed by atoms with Crippen molar-refractivity contribution in [3.8, 4) is 39.1 Å². The predicted octanol–water partition coefficient (Wildman–Crippen LogP) is 19.0. The van der Waals surface area contributed by atoms with E-state index in [-0.39, 0.29) is 0 Å². The largest absolute Gasteiger partial charge is 0.455 e. The summed E-state index contributed by atoms with van der Waals surface area (Å²) in [5.74, 6) is 0. The van der Waals surface area contributed by atoms with Crippen molar-refractivity contribution < 1.29 is 4.42 Å². The molecule has 0 spiro atoms. The van der Waals surface area contributed by atoms with Crippen LogP contribution in [0.15, 0.2) is 283 Å². The summed E-state index contributed by atoms with van der Waals surface area (Å²) in [6.45, 7) is 0. The van der Waals surface area contributed by atoms with E-state index in [0.29, 0.717) is 0 Å². The van der Waals surface area contributed by atoms with Gasteiger partial charge in [-0.05, 0) is 128 Å². The molecule has 12 aromatic carbocycles. The third-order valence-electron chi connectivity index (χ3n) is 15.6. The monoisotopic (exact) mass is 942 g/mol. The SMILES string of the molecule is c1ccc(C2(c3ccccc3)c3ccccc3-c3c(N(c4ccc(-c5cccc(-n6c7ccccc7c7ccccc76)c5)cc4)c4cccc(-c5ccc6c(c5)oc5c7ccccc7ccc65)c4)cccc32)cc1. The first-order valence-electron chi connectivity index (χ1n) is 25.5. The average Bonchev–Trinajstić information content (AvgIpc) is 4.19. The Morgan fingerprint density at radius 3 is 1.69 bits per heavy atom. The van der Waals surface area contributed by atoms with Crippen LogP contribution < -0.4 is 4.90 Å². The molecule has 2 heterocycles. The fraction of sp³-hybridized carbons (Fsp3) is 0.0141. The fourth-order valence-electron chi connectivity index (χ4n) is 12.4. The molecule has 0 fully saturated rings. The predicted molar refractivity (Wildman–Crippen MR) is 308 cm³/mol. The van der Waals surface area contributed by atoms with Gasteiger partial charge in [-0.15, -0.1) is 0 Å². The van der Waals surface area contributed by atoms with Crippen LogP contribution in [0, 0.1) is 0 Å². The van der Waals surface area contributed by atoms with Crippen LogP contribution in [0.3, 0.4) is 0 Å². The summed E-state index contributed by atoms with van der Waals surface area (Å²) in [5.41, 5.74) is 20.0. The van der Waals surface area contributed by atoms with Crippen molar-refractivity contribution in [1.82, 2.24) is 4.57 Å². The zero-order valence-electron chi connectivity index (χ0n) is 40.4. The van der Waals surface area contributed by atoms with Crippen LogP contribution in [0.25, 0.3) is 93.6 Å². The van der Waals surface area contributed by atoms with Crippen LogP contribution >= 0.6 is 0 Å². The van der Waals surface area contributed by atoms with Gasteiger partial charge in [-0.1, -0.05) is 206 Å². The van der Waals surface area contributed by atoms with Crippen molar-refractivity contribution in [1.29, 1.82) is 0 Å². The standard InChI is InChI=1S/C71H46N2O/c1-3-21-52(22-4-1)71(53-23-5-2-6-24-53)63-31-12-9-30-62(63)69-64(71)32-17-35-67(69)72(55-25-16-20-50(45-55)51-39-42-60-61-43-38-48-18-7-8-27-57(48)70(61)74-68(60)46-51)54-40-36-47(37-41-54)49-19-15-26-56(44-49)73-65-33-13-10-28-58(65)59-29-11-14-34-66(59)73/h1-46H. The Morgan fingerprint density at radius 1 is 0.351 bits per heavy atom. The molecule has 0 aliphatic heterocycles. The summed E-state index contributed by atoms with van der Waals surface area (Å²) in [7, 11) is 0. The third-order valence-corrected chi connectivity index (χ3v) is 15.6. The molecule has 2 aromatic heterocycles. The molecule has 0 saturated carbocycles. The van der Waals surface area contributed by atoms with Gasteiger partial charge in [0.1, 0.15) is 11.2 Å². The molecule has 0 radical (unpaired) electrons. The Morgan fingerprint density at radius 2 is 0.932 bits per heavy atom. The van der Waals surface area contributed by atoms with Crippen LogP contribution in [-0.2, 0) is 5.41 Å². The number of benzene rings is 12. The number of anilines is 3. The first-order valence-corrected chi connectivity index (χ1v) is 25.5. The maximum Gasteiger partial charge on any atom is 0.143 e. The fourth-order valence-corrected chi connectivity index (χ4v) is 12.4. The minimum Gasteiger partial charge on any atom is -0.455 e. The average molecular weight is 943 g/mol. The lowest BCUT2D eigenvalue weighted by Crippen LogP contribution is -2.28. The molecule has 0 saturated heterocycles. The van der Waals surface area contributed by atoms with E-state index in [1.807, 2.05) is 0 Å². The summed E-state index contributed by atoms with van der Waals surface area (Å²) in [6, 6.07) is 102. The van der Waals surface area contributed by atoms with E-state index in [2.05, 4.69) is 289 Å². The van der Waals surface area contributed by atoms with Gasteiger partial charge in [-0.2, -0.15) is 0 Å². The molecule has 15 rings (SSSR count). The van der Waals surface area contributed by atoms with Gasteiger partial charge in [0.25, 0.3) is 0 Å². The molecule has 346 valence electrons. The van der Waals surface area contributed by atoms with Crippen LogP contribution in [0.1, 0.15) is 22.3 Å². The second kappa shape index (κ2) is 16.7. The molecule has 0 atom stereocenters. The Bertz CT molecular complexity index is 4390. The summed E-state index contributed by atoms with van der Waals surface area (Å²) in [4.78, 5) is 2.47. The molecule has 1 aliphatic rings. The number of fused-ring (bicyclic) bond motifs is 11. The van der Waals surface area contributed by atoms with E-state index in [9.17, 15) is 0 Å². The Kier molecular flexibility index (Phi) is 9.48. The number of furan rings is 1. The maximum atomic E-state index is 6.72. The highest BCUT2D eigenvalue weighted by Crippen LogP contribution is 2.59. The zero-order chi connectivity index (χ0) is 48.7. The first kappa shape index (κ1) is 42.0. The summed E-state index contributed by atoms with van der Waals surface area (Å²) < 4.78 is 9.12. The highest BCUT2D eigenvalue weighted by Gasteiger charge is 2.47. The van der Waals surface area contributed by atoms with Gasteiger partial charge in [0.15, 0.2) is 0 Å². The smallest absolute Gasteiger partial charge is 0.143 e. The van der Waals surface area contributed by atoms with Crippen molar-refractivity contribution in [2.45, 2.75) is 5.41 Å². The van der Waals surface area contributed by atoms with Gasteiger partial charge in [-0.3, -0.25) is 0 Å². The Labute approximate surface area is 429 Å². The highest BCUT2D eigenvalue weighted by molar-refractivity contribution is 6.15. The van der Waals surface area contributed by atoms with E-state index >= 15 is 0 Å². The number of aromatic nitrogens is 1. The molecular weight excluding hydrogens is 897 g/mol. The molecule has 0 N–H and O–H groups in total.